The highest BCUT2D eigenvalue weighted by Crippen LogP contribution is 2.12. The molecule has 0 aromatic heterocycles. The first-order chi connectivity index (χ1) is 9.06. The molecule has 0 aliphatic carbocycles. The van der Waals surface area contributed by atoms with E-state index in [-0.39, 0.29) is 23.5 Å². The van der Waals surface area contributed by atoms with Gasteiger partial charge in [-0.25, -0.2) is 0 Å². The van der Waals surface area contributed by atoms with Gasteiger partial charge in [0, 0.05) is 36.7 Å². The fourth-order valence-corrected chi connectivity index (χ4v) is 1.86. The van der Waals surface area contributed by atoms with Crippen LogP contribution in [0.15, 0.2) is 24.3 Å². The van der Waals surface area contributed by atoms with Crippen molar-refractivity contribution in [3.8, 4) is 0 Å². The van der Waals surface area contributed by atoms with Gasteiger partial charge in [0.25, 0.3) is 11.6 Å². The van der Waals surface area contributed by atoms with Crippen LogP contribution in [0.3, 0.4) is 0 Å². The predicted octanol–water partition coefficient (Wildman–Crippen LogP) is 0.603. The third kappa shape index (κ3) is 3.27. The van der Waals surface area contributed by atoms with Crippen molar-refractivity contribution < 1.29 is 14.5 Å². The molecular formula is C12H13N3O4. The molecule has 1 fully saturated rings. The molecule has 1 aromatic rings. The molecule has 19 heavy (non-hydrogen) atoms. The molecule has 1 atom stereocenters. The van der Waals surface area contributed by atoms with Gasteiger partial charge in [0.1, 0.15) is 0 Å². The molecule has 1 aromatic carbocycles. The molecule has 7 nitrogen and oxygen atoms in total. The lowest BCUT2D eigenvalue weighted by Gasteiger charge is -2.23. The molecule has 1 saturated heterocycles. The molecule has 0 spiro atoms. The van der Waals surface area contributed by atoms with Crippen LogP contribution in [0.4, 0.5) is 5.69 Å². The van der Waals surface area contributed by atoms with Crippen molar-refractivity contribution in [1.29, 1.82) is 0 Å². The van der Waals surface area contributed by atoms with E-state index in [1.165, 1.54) is 24.3 Å². The number of non-ortho nitro benzene ring substituents is 1. The van der Waals surface area contributed by atoms with E-state index < -0.39 is 4.92 Å². The zero-order chi connectivity index (χ0) is 13.8. The second-order valence-electron chi connectivity index (χ2n) is 4.32. The summed E-state index contributed by atoms with van der Waals surface area (Å²) in [6.07, 6.45) is 0.996. The number of nitro benzene ring substituents is 1. The Balaban J connectivity index is 1.96. The van der Waals surface area contributed by atoms with Crippen LogP contribution in [0.2, 0.25) is 0 Å². The van der Waals surface area contributed by atoms with Gasteiger partial charge in [-0.1, -0.05) is 0 Å². The molecule has 2 N–H and O–H groups in total. The molecule has 1 aliphatic heterocycles. The van der Waals surface area contributed by atoms with Crippen molar-refractivity contribution in [3.05, 3.63) is 39.9 Å². The van der Waals surface area contributed by atoms with Gasteiger partial charge in [-0.05, 0) is 18.6 Å². The highest BCUT2D eigenvalue weighted by Gasteiger charge is 2.20. The van der Waals surface area contributed by atoms with E-state index in [9.17, 15) is 19.7 Å². The highest BCUT2D eigenvalue weighted by atomic mass is 16.6. The van der Waals surface area contributed by atoms with Crippen molar-refractivity contribution in [3.63, 3.8) is 0 Å². The quantitative estimate of drug-likeness (QED) is 0.616. The van der Waals surface area contributed by atoms with Crippen molar-refractivity contribution in [2.45, 2.75) is 18.9 Å². The Labute approximate surface area is 109 Å². The summed E-state index contributed by atoms with van der Waals surface area (Å²) < 4.78 is 0. The first-order valence-electron chi connectivity index (χ1n) is 5.88. The number of hydrogen-bond acceptors (Lipinski definition) is 4. The third-order valence-electron chi connectivity index (χ3n) is 2.94. The Kier molecular flexibility index (Phi) is 3.74. The van der Waals surface area contributed by atoms with Crippen LogP contribution in [-0.4, -0.2) is 29.3 Å². The van der Waals surface area contributed by atoms with Crippen LogP contribution in [0.1, 0.15) is 23.2 Å². The largest absolute Gasteiger partial charge is 0.354 e. The minimum absolute atomic E-state index is 0.0131. The lowest BCUT2D eigenvalue weighted by atomic mass is 10.1. The number of carbonyl (C=O) groups excluding carboxylic acids is 2. The van der Waals surface area contributed by atoms with Gasteiger partial charge >= 0.3 is 0 Å². The molecule has 0 bridgehead atoms. The number of nitrogens with zero attached hydrogens (tertiary/aromatic N) is 1. The maximum absolute atomic E-state index is 11.9. The average Bonchev–Trinajstić information content (AvgIpc) is 2.41. The number of benzene rings is 1. The van der Waals surface area contributed by atoms with Crippen molar-refractivity contribution >= 4 is 17.5 Å². The van der Waals surface area contributed by atoms with E-state index >= 15 is 0 Å². The van der Waals surface area contributed by atoms with Gasteiger partial charge < -0.3 is 10.6 Å². The number of piperidine rings is 1. The summed E-state index contributed by atoms with van der Waals surface area (Å²) in [7, 11) is 0. The van der Waals surface area contributed by atoms with E-state index in [1.807, 2.05) is 0 Å². The van der Waals surface area contributed by atoms with Crippen LogP contribution in [0, 0.1) is 10.1 Å². The minimum Gasteiger partial charge on any atom is -0.354 e. The standard InChI is InChI=1S/C12H13N3O4/c16-11-6-3-9(7-13-11)14-12(17)8-1-4-10(5-2-8)15(18)19/h1-2,4-5,9H,3,6-7H2,(H,13,16)(H,14,17). The number of nitro groups is 1. The number of rotatable bonds is 3. The molecule has 2 rings (SSSR count). The Bertz CT molecular complexity index is 502. The molecule has 7 heteroatoms. The molecule has 100 valence electrons. The second-order valence-corrected chi connectivity index (χ2v) is 4.32. The highest BCUT2D eigenvalue weighted by molar-refractivity contribution is 5.94. The van der Waals surface area contributed by atoms with Gasteiger partial charge in [-0.2, -0.15) is 0 Å². The number of hydrogen-bond donors (Lipinski definition) is 2. The van der Waals surface area contributed by atoms with E-state index in [0.29, 0.717) is 24.9 Å². The van der Waals surface area contributed by atoms with E-state index in [0.717, 1.165) is 0 Å². The number of amides is 2. The Morgan fingerprint density at radius 2 is 2.05 bits per heavy atom. The van der Waals surface area contributed by atoms with Crippen LogP contribution >= 0.6 is 0 Å². The Morgan fingerprint density at radius 1 is 1.37 bits per heavy atom. The number of carbonyl (C=O) groups is 2. The third-order valence-corrected chi connectivity index (χ3v) is 2.94. The summed E-state index contributed by atoms with van der Waals surface area (Å²) in [5.74, 6) is -0.308. The molecule has 1 unspecified atom stereocenters. The SMILES string of the molecule is O=C1CCC(NC(=O)c2ccc([N+](=O)[O-])cc2)CN1. The Morgan fingerprint density at radius 3 is 2.58 bits per heavy atom. The minimum atomic E-state index is -0.516. The van der Waals surface area contributed by atoms with Crippen LogP contribution in [0.25, 0.3) is 0 Å². The summed E-state index contributed by atoms with van der Waals surface area (Å²) in [6.45, 7) is 0.414. The maximum atomic E-state index is 11.9. The first kappa shape index (κ1) is 13.0. The first-order valence-corrected chi connectivity index (χ1v) is 5.88. The molecular weight excluding hydrogens is 250 g/mol. The van der Waals surface area contributed by atoms with E-state index in [1.54, 1.807) is 0 Å². The Hall–Kier alpha value is -2.44. The summed E-state index contributed by atoms with van der Waals surface area (Å²) in [6, 6.07) is 5.30. The smallest absolute Gasteiger partial charge is 0.269 e. The maximum Gasteiger partial charge on any atom is 0.269 e. The van der Waals surface area contributed by atoms with Gasteiger partial charge in [0.2, 0.25) is 5.91 Å². The van der Waals surface area contributed by atoms with Crippen LogP contribution in [0.5, 0.6) is 0 Å². The normalized spacial score (nSPS) is 18.5. The van der Waals surface area contributed by atoms with Crippen LogP contribution in [-0.2, 0) is 4.79 Å². The van der Waals surface area contributed by atoms with Gasteiger partial charge in [-0.3, -0.25) is 19.7 Å². The zero-order valence-electron chi connectivity index (χ0n) is 10.1. The lowest BCUT2D eigenvalue weighted by molar-refractivity contribution is -0.384. The van der Waals surface area contributed by atoms with Crippen molar-refractivity contribution in [2.75, 3.05) is 6.54 Å². The average molecular weight is 263 g/mol. The summed E-state index contributed by atoms with van der Waals surface area (Å²) in [5.41, 5.74) is 0.309. The lowest BCUT2D eigenvalue weighted by Crippen LogP contribution is -2.47. The van der Waals surface area contributed by atoms with Crippen molar-refractivity contribution in [2.24, 2.45) is 0 Å². The van der Waals surface area contributed by atoms with Gasteiger partial charge in [0.15, 0.2) is 0 Å². The molecule has 1 heterocycles. The summed E-state index contributed by atoms with van der Waals surface area (Å²) >= 11 is 0. The molecule has 2 amide bonds. The topological polar surface area (TPSA) is 101 Å². The predicted molar refractivity (Wildman–Crippen MR) is 66.6 cm³/mol. The van der Waals surface area contributed by atoms with E-state index in [4.69, 9.17) is 0 Å². The molecule has 0 saturated carbocycles. The summed E-state index contributed by atoms with van der Waals surface area (Å²) in [5, 5.41) is 15.9. The summed E-state index contributed by atoms with van der Waals surface area (Å²) in [4.78, 5) is 32.8. The van der Waals surface area contributed by atoms with Crippen LogP contribution < -0.4 is 10.6 Å². The fraction of sp³-hybridized carbons (Fsp3) is 0.333. The molecule has 0 radical (unpaired) electrons. The monoisotopic (exact) mass is 263 g/mol. The van der Waals surface area contributed by atoms with Crippen molar-refractivity contribution in [1.82, 2.24) is 10.6 Å². The molecule has 1 aliphatic rings. The number of nitrogens with one attached hydrogen (secondary N) is 2. The zero-order valence-corrected chi connectivity index (χ0v) is 10.1. The van der Waals surface area contributed by atoms with E-state index in [2.05, 4.69) is 10.6 Å². The fourth-order valence-electron chi connectivity index (χ4n) is 1.86. The van der Waals surface area contributed by atoms with Gasteiger partial charge in [0.05, 0.1) is 4.92 Å². The van der Waals surface area contributed by atoms with Gasteiger partial charge in [-0.15, -0.1) is 0 Å². The second kappa shape index (κ2) is 5.47.